The van der Waals surface area contributed by atoms with Crippen LogP contribution in [0.1, 0.15) is 28.6 Å². The van der Waals surface area contributed by atoms with E-state index in [1.165, 1.54) is 0 Å². The topological polar surface area (TPSA) is 46.9 Å². The van der Waals surface area contributed by atoms with Crippen LogP contribution in [-0.4, -0.2) is 15.5 Å². The summed E-state index contributed by atoms with van der Waals surface area (Å²) < 4.78 is 1.91. The summed E-state index contributed by atoms with van der Waals surface area (Å²) in [6.07, 6.45) is 3.93. The maximum Gasteiger partial charge on any atom is 0.225 e. The molecule has 0 aliphatic carbocycles. The van der Waals surface area contributed by atoms with Gasteiger partial charge in [0.15, 0.2) is 0 Å². The van der Waals surface area contributed by atoms with Crippen LogP contribution in [0.15, 0.2) is 60.9 Å². The predicted octanol–water partition coefficient (Wildman–Crippen LogP) is 3.83. The van der Waals surface area contributed by atoms with Crippen molar-refractivity contribution in [1.29, 1.82) is 0 Å². The molecule has 25 heavy (non-hydrogen) atoms. The number of carbonyl (C=O) groups is 1. The SMILES string of the molecule is Cc1ccccc1CC(=O)NC(c1ccc(Cl)cc1)c1nccn1C. The van der Waals surface area contributed by atoms with Gasteiger partial charge >= 0.3 is 0 Å². The molecule has 2 aromatic carbocycles. The Morgan fingerprint density at radius 1 is 1.20 bits per heavy atom. The van der Waals surface area contributed by atoms with E-state index in [0.717, 1.165) is 22.5 Å². The van der Waals surface area contributed by atoms with Crippen molar-refractivity contribution in [3.63, 3.8) is 0 Å². The summed E-state index contributed by atoms with van der Waals surface area (Å²) in [5, 5.41) is 3.77. The molecule has 1 atom stereocenters. The number of halogens is 1. The fourth-order valence-electron chi connectivity index (χ4n) is 2.80. The van der Waals surface area contributed by atoms with Crippen molar-refractivity contribution in [3.8, 4) is 0 Å². The van der Waals surface area contributed by atoms with Crippen LogP contribution >= 0.6 is 11.6 Å². The molecular formula is C20H20ClN3O. The van der Waals surface area contributed by atoms with E-state index in [1.807, 2.05) is 73.3 Å². The molecule has 1 heterocycles. The quantitative estimate of drug-likeness (QED) is 0.757. The largest absolute Gasteiger partial charge is 0.342 e. The summed E-state index contributed by atoms with van der Waals surface area (Å²) in [7, 11) is 1.92. The third-order valence-electron chi connectivity index (χ3n) is 4.24. The molecule has 3 aromatic rings. The van der Waals surface area contributed by atoms with Gasteiger partial charge < -0.3 is 9.88 Å². The molecular weight excluding hydrogens is 334 g/mol. The van der Waals surface area contributed by atoms with Crippen molar-refractivity contribution in [3.05, 3.63) is 88.5 Å². The van der Waals surface area contributed by atoms with Gasteiger partial charge in [-0.3, -0.25) is 4.79 Å². The van der Waals surface area contributed by atoms with Gasteiger partial charge in [0.2, 0.25) is 5.91 Å². The molecule has 1 aromatic heterocycles. The average Bonchev–Trinajstić information content (AvgIpc) is 3.01. The summed E-state index contributed by atoms with van der Waals surface area (Å²) in [5.74, 6) is 0.734. The van der Waals surface area contributed by atoms with Crippen molar-refractivity contribution in [2.75, 3.05) is 0 Å². The Kier molecular flexibility index (Phi) is 5.19. The van der Waals surface area contributed by atoms with Gasteiger partial charge in [0.25, 0.3) is 0 Å². The van der Waals surface area contributed by atoms with E-state index < -0.39 is 0 Å². The van der Waals surface area contributed by atoms with Crippen LogP contribution in [0.3, 0.4) is 0 Å². The molecule has 0 aliphatic heterocycles. The van der Waals surface area contributed by atoms with Gasteiger partial charge in [-0.05, 0) is 35.7 Å². The highest BCUT2D eigenvalue weighted by Crippen LogP contribution is 2.22. The van der Waals surface area contributed by atoms with Gasteiger partial charge in [-0.1, -0.05) is 48.0 Å². The molecule has 1 unspecified atom stereocenters. The number of hydrogen-bond acceptors (Lipinski definition) is 2. The first-order valence-corrected chi connectivity index (χ1v) is 8.49. The van der Waals surface area contributed by atoms with Crippen LogP contribution < -0.4 is 5.32 Å². The lowest BCUT2D eigenvalue weighted by molar-refractivity contribution is -0.121. The molecule has 1 N–H and O–H groups in total. The molecule has 0 bridgehead atoms. The number of hydrogen-bond donors (Lipinski definition) is 1. The van der Waals surface area contributed by atoms with E-state index in [0.29, 0.717) is 11.4 Å². The lowest BCUT2D eigenvalue weighted by atomic mass is 10.0. The van der Waals surface area contributed by atoms with Crippen molar-refractivity contribution < 1.29 is 4.79 Å². The Labute approximate surface area is 152 Å². The molecule has 0 saturated carbocycles. The first kappa shape index (κ1) is 17.2. The van der Waals surface area contributed by atoms with Crippen LogP contribution in [0.5, 0.6) is 0 Å². The first-order valence-electron chi connectivity index (χ1n) is 8.11. The number of aryl methyl sites for hydroxylation is 2. The Morgan fingerprint density at radius 3 is 2.56 bits per heavy atom. The summed E-state index contributed by atoms with van der Waals surface area (Å²) >= 11 is 5.99. The highest BCUT2D eigenvalue weighted by molar-refractivity contribution is 6.30. The zero-order valence-electron chi connectivity index (χ0n) is 14.2. The third kappa shape index (κ3) is 4.09. The van der Waals surface area contributed by atoms with Crippen molar-refractivity contribution in [2.24, 2.45) is 7.05 Å². The zero-order chi connectivity index (χ0) is 17.8. The molecule has 128 valence electrons. The van der Waals surface area contributed by atoms with Crippen LogP contribution in [0, 0.1) is 6.92 Å². The van der Waals surface area contributed by atoms with Gasteiger partial charge in [-0.15, -0.1) is 0 Å². The van der Waals surface area contributed by atoms with Crippen molar-refractivity contribution >= 4 is 17.5 Å². The van der Waals surface area contributed by atoms with Crippen LogP contribution in [0.25, 0.3) is 0 Å². The van der Waals surface area contributed by atoms with Gasteiger partial charge in [0.05, 0.1) is 6.42 Å². The molecule has 5 heteroatoms. The molecule has 0 aliphatic rings. The monoisotopic (exact) mass is 353 g/mol. The van der Waals surface area contributed by atoms with Gasteiger partial charge in [-0.2, -0.15) is 0 Å². The number of benzene rings is 2. The average molecular weight is 354 g/mol. The van der Waals surface area contributed by atoms with Gasteiger partial charge in [0, 0.05) is 24.5 Å². The summed E-state index contributed by atoms with van der Waals surface area (Å²) in [6.45, 7) is 2.01. The number of imidazole rings is 1. The minimum absolute atomic E-state index is 0.0442. The summed E-state index contributed by atoms with van der Waals surface area (Å²) in [5.41, 5.74) is 3.07. The fraction of sp³-hybridized carbons (Fsp3) is 0.200. The molecule has 4 nitrogen and oxygen atoms in total. The Bertz CT molecular complexity index is 871. The van der Waals surface area contributed by atoms with Gasteiger partial charge in [0.1, 0.15) is 11.9 Å². The summed E-state index contributed by atoms with van der Waals surface area (Å²) in [4.78, 5) is 17.1. The van der Waals surface area contributed by atoms with Crippen LogP contribution in [-0.2, 0) is 18.3 Å². The second-order valence-electron chi connectivity index (χ2n) is 6.05. The van der Waals surface area contributed by atoms with E-state index >= 15 is 0 Å². The van der Waals surface area contributed by atoms with Crippen LogP contribution in [0.4, 0.5) is 0 Å². The normalized spacial score (nSPS) is 12.0. The lowest BCUT2D eigenvalue weighted by Gasteiger charge is -2.19. The number of nitrogens with zero attached hydrogens (tertiary/aromatic N) is 2. The minimum atomic E-state index is -0.325. The molecule has 0 saturated heterocycles. The molecule has 0 radical (unpaired) electrons. The second-order valence-corrected chi connectivity index (χ2v) is 6.49. The maximum atomic E-state index is 12.6. The van der Waals surface area contributed by atoms with E-state index in [4.69, 9.17) is 11.6 Å². The maximum absolute atomic E-state index is 12.6. The van der Waals surface area contributed by atoms with Crippen molar-refractivity contribution in [1.82, 2.24) is 14.9 Å². The standard InChI is InChI=1S/C20H20ClN3O/c1-14-5-3-4-6-16(14)13-18(25)23-19(20-22-11-12-24(20)2)15-7-9-17(21)10-8-15/h3-12,19H,13H2,1-2H3,(H,23,25). The van der Waals surface area contributed by atoms with E-state index in [2.05, 4.69) is 10.3 Å². The number of aromatic nitrogens is 2. The molecule has 0 fully saturated rings. The lowest BCUT2D eigenvalue weighted by Crippen LogP contribution is -2.32. The third-order valence-corrected chi connectivity index (χ3v) is 4.49. The number of nitrogens with one attached hydrogen (secondary N) is 1. The molecule has 3 rings (SSSR count). The Balaban J connectivity index is 1.85. The molecule has 0 spiro atoms. The second kappa shape index (κ2) is 7.53. The summed E-state index contributed by atoms with van der Waals surface area (Å²) in [6, 6.07) is 15.1. The van der Waals surface area contributed by atoms with E-state index in [-0.39, 0.29) is 11.9 Å². The Hall–Kier alpha value is -2.59. The predicted molar refractivity (Wildman–Crippen MR) is 99.5 cm³/mol. The Morgan fingerprint density at radius 2 is 1.92 bits per heavy atom. The molecule has 1 amide bonds. The zero-order valence-corrected chi connectivity index (χ0v) is 15.0. The van der Waals surface area contributed by atoms with Gasteiger partial charge in [-0.25, -0.2) is 4.98 Å². The fourth-order valence-corrected chi connectivity index (χ4v) is 2.93. The minimum Gasteiger partial charge on any atom is -0.342 e. The first-order chi connectivity index (χ1) is 12.0. The van der Waals surface area contributed by atoms with E-state index in [9.17, 15) is 4.79 Å². The highest BCUT2D eigenvalue weighted by atomic mass is 35.5. The number of carbonyl (C=O) groups excluding carboxylic acids is 1. The smallest absolute Gasteiger partial charge is 0.225 e. The van der Waals surface area contributed by atoms with Crippen molar-refractivity contribution in [2.45, 2.75) is 19.4 Å². The van der Waals surface area contributed by atoms with Crippen LogP contribution in [0.2, 0.25) is 5.02 Å². The highest BCUT2D eigenvalue weighted by Gasteiger charge is 2.21. The number of rotatable bonds is 5. The number of amides is 1. The van der Waals surface area contributed by atoms with E-state index in [1.54, 1.807) is 6.20 Å².